The maximum Gasteiger partial charge on any atom is 0.317 e. The number of hydrogen-bond acceptors (Lipinski definition) is 6. The lowest BCUT2D eigenvalue weighted by atomic mass is 10.0. The zero-order valence-corrected chi connectivity index (χ0v) is 16.3. The van der Waals surface area contributed by atoms with E-state index in [4.69, 9.17) is 4.74 Å². The third-order valence-electron chi connectivity index (χ3n) is 3.63. The van der Waals surface area contributed by atoms with E-state index in [0.29, 0.717) is 10.1 Å². The lowest BCUT2D eigenvalue weighted by molar-refractivity contribution is -0.118. The first-order valence-electron chi connectivity index (χ1n) is 8.08. The summed E-state index contributed by atoms with van der Waals surface area (Å²) in [7, 11) is 4.85. The number of benzene rings is 1. The predicted molar refractivity (Wildman–Crippen MR) is 101 cm³/mol. The third-order valence-corrected chi connectivity index (χ3v) is 4.51. The molecule has 140 valence electrons. The van der Waals surface area contributed by atoms with Gasteiger partial charge in [-0.05, 0) is 30.2 Å². The third kappa shape index (κ3) is 4.92. The van der Waals surface area contributed by atoms with Crippen molar-refractivity contribution >= 4 is 28.4 Å². The Morgan fingerprint density at radius 2 is 1.81 bits per heavy atom. The first kappa shape index (κ1) is 19.6. The van der Waals surface area contributed by atoms with Gasteiger partial charge in [-0.25, -0.2) is 4.79 Å². The van der Waals surface area contributed by atoms with Crippen LogP contribution in [0.1, 0.15) is 13.8 Å². The summed E-state index contributed by atoms with van der Waals surface area (Å²) < 4.78 is 5.13. The molecule has 0 saturated heterocycles. The van der Waals surface area contributed by atoms with Crippen molar-refractivity contribution in [2.45, 2.75) is 19.9 Å². The molecule has 0 aliphatic carbocycles. The molecule has 26 heavy (non-hydrogen) atoms. The van der Waals surface area contributed by atoms with Crippen LogP contribution in [0.4, 0.5) is 9.93 Å². The number of urea groups is 1. The maximum atomic E-state index is 12.5. The van der Waals surface area contributed by atoms with Crippen molar-refractivity contribution in [1.29, 1.82) is 0 Å². The summed E-state index contributed by atoms with van der Waals surface area (Å²) in [5, 5.41) is 14.6. The van der Waals surface area contributed by atoms with Crippen LogP contribution >= 0.6 is 11.3 Å². The highest BCUT2D eigenvalue weighted by Crippen LogP contribution is 2.27. The van der Waals surface area contributed by atoms with E-state index in [0.717, 1.165) is 11.3 Å². The van der Waals surface area contributed by atoms with Crippen LogP contribution < -0.4 is 15.4 Å². The molecule has 0 radical (unpaired) electrons. The minimum Gasteiger partial charge on any atom is -0.497 e. The molecule has 8 nitrogen and oxygen atoms in total. The molecule has 2 rings (SSSR count). The highest BCUT2D eigenvalue weighted by Gasteiger charge is 2.25. The van der Waals surface area contributed by atoms with Crippen molar-refractivity contribution in [2.75, 3.05) is 26.5 Å². The minimum absolute atomic E-state index is 0.0760. The maximum absolute atomic E-state index is 12.5. The number of amides is 3. The van der Waals surface area contributed by atoms with Crippen LogP contribution in [0.3, 0.4) is 0 Å². The van der Waals surface area contributed by atoms with Gasteiger partial charge in [-0.3, -0.25) is 10.1 Å². The summed E-state index contributed by atoms with van der Waals surface area (Å²) in [4.78, 5) is 25.8. The fraction of sp³-hybridized carbons (Fsp3) is 0.412. The van der Waals surface area contributed by atoms with Crippen LogP contribution in [0.25, 0.3) is 10.6 Å². The Balaban J connectivity index is 2.08. The fourth-order valence-electron chi connectivity index (χ4n) is 2.10. The van der Waals surface area contributed by atoms with E-state index in [9.17, 15) is 9.59 Å². The van der Waals surface area contributed by atoms with Gasteiger partial charge in [0, 0.05) is 19.7 Å². The standard InChI is InChI=1S/C17H23N5O3S/c1-10(2)13(18-17(24)22(3)4)14(23)19-16-21-20-15(26-16)11-6-8-12(25-5)9-7-11/h6-10,13H,1-5H3,(H,18,24)(H,19,21,23)/t13-/m1/s1. The number of anilines is 1. The number of aromatic nitrogens is 2. The first-order chi connectivity index (χ1) is 12.3. The second-order valence-electron chi connectivity index (χ2n) is 6.20. The smallest absolute Gasteiger partial charge is 0.317 e. The Kier molecular flexibility index (Phi) is 6.51. The van der Waals surface area contributed by atoms with Crippen molar-refractivity contribution in [2.24, 2.45) is 5.92 Å². The Morgan fingerprint density at radius 3 is 2.35 bits per heavy atom. The van der Waals surface area contributed by atoms with Gasteiger partial charge in [0.05, 0.1) is 7.11 Å². The van der Waals surface area contributed by atoms with Crippen LogP contribution in [0.15, 0.2) is 24.3 Å². The lowest BCUT2D eigenvalue weighted by Crippen LogP contribution is -2.50. The average Bonchev–Trinajstić information content (AvgIpc) is 3.07. The highest BCUT2D eigenvalue weighted by molar-refractivity contribution is 7.18. The Hall–Kier alpha value is -2.68. The van der Waals surface area contributed by atoms with Crippen molar-refractivity contribution in [3.63, 3.8) is 0 Å². The molecule has 1 aromatic heterocycles. The van der Waals surface area contributed by atoms with Gasteiger partial charge in [0.25, 0.3) is 0 Å². The SMILES string of the molecule is COc1ccc(-c2nnc(NC(=O)[C@H](NC(=O)N(C)C)C(C)C)s2)cc1. The molecule has 9 heteroatoms. The van der Waals surface area contributed by atoms with E-state index >= 15 is 0 Å². The monoisotopic (exact) mass is 377 g/mol. The molecule has 3 amide bonds. The van der Waals surface area contributed by atoms with E-state index in [1.165, 1.54) is 16.2 Å². The Labute approximate surface area is 156 Å². The minimum atomic E-state index is -0.668. The number of carbonyl (C=O) groups is 2. The number of nitrogens with one attached hydrogen (secondary N) is 2. The first-order valence-corrected chi connectivity index (χ1v) is 8.90. The average molecular weight is 377 g/mol. The van der Waals surface area contributed by atoms with Crippen molar-refractivity contribution < 1.29 is 14.3 Å². The van der Waals surface area contributed by atoms with Crippen LogP contribution in [-0.4, -0.2) is 54.3 Å². The van der Waals surface area contributed by atoms with Gasteiger partial charge in [0.2, 0.25) is 11.0 Å². The number of nitrogens with zero attached hydrogens (tertiary/aromatic N) is 3. The molecule has 0 fully saturated rings. The predicted octanol–water partition coefficient (Wildman–Crippen LogP) is 2.45. The Morgan fingerprint density at radius 1 is 1.15 bits per heavy atom. The highest BCUT2D eigenvalue weighted by atomic mass is 32.1. The van der Waals surface area contributed by atoms with Crippen LogP contribution in [0.5, 0.6) is 5.75 Å². The zero-order chi connectivity index (χ0) is 19.3. The largest absolute Gasteiger partial charge is 0.497 e. The van der Waals surface area contributed by atoms with Crippen LogP contribution in [0, 0.1) is 5.92 Å². The topological polar surface area (TPSA) is 96.5 Å². The van der Waals surface area contributed by atoms with Gasteiger partial charge in [-0.2, -0.15) is 0 Å². The molecular weight excluding hydrogens is 354 g/mol. The zero-order valence-electron chi connectivity index (χ0n) is 15.4. The molecule has 0 aliphatic heterocycles. The van der Waals surface area contributed by atoms with Gasteiger partial charge in [0.1, 0.15) is 16.8 Å². The summed E-state index contributed by atoms with van der Waals surface area (Å²) in [6, 6.07) is 6.42. The number of methoxy groups -OCH3 is 1. The van der Waals surface area contributed by atoms with E-state index in [2.05, 4.69) is 20.8 Å². The van der Waals surface area contributed by atoms with E-state index in [1.807, 2.05) is 38.1 Å². The van der Waals surface area contributed by atoms with Crippen molar-refractivity contribution in [1.82, 2.24) is 20.4 Å². The van der Waals surface area contributed by atoms with E-state index < -0.39 is 6.04 Å². The van der Waals surface area contributed by atoms with Crippen LogP contribution in [-0.2, 0) is 4.79 Å². The quantitative estimate of drug-likeness (QED) is 0.806. The van der Waals surface area contributed by atoms with E-state index in [1.54, 1.807) is 21.2 Å². The molecule has 1 aromatic carbocycles. The molecule has 1 atom stereocenters. The molecule has 1 heterocycles. The van der Waals surface area contributed by atoms with Gasteiger partial charge >= 0.3 is 6.03 Å². The molecule has 0 unspecified atom stereocenters. The summed E-state index contributed by atoms with van der Waals surface area (Å²) in [6.45, 7) is 3.73. The summed E-state index contributed by atoms with van der Waals surface area (Å²) in [5.41, 5.74) is 0.880. The van der Waals surface area contributed by atoms with E-state index in [-0.39, 0.29) is 17.9 Å². The molecular formula is C17H23N5O3S. The van der Waals surface area contributed by atoms with Crippen molar-refractivity contribution in [3.8, 4) is 16.3 Å². The van der Waals surface area contributed by atoms with Gasteiger partial charge < -0.3 is 15.0 Å². The molecule has 0 bridgehead atoms. The fourth-order valence-corrected chi connectivity index (χ4v) is 2.86. The molecule has 0 aliphatic rings. The number of ether oxygens (including phenoxy) is 1. The summed E-state index contributed by atoms with van der Waals surface area (Å²) in [6.07, 6.45) is 0. The number of hydrogen-bond donors (Lipinski definition) is 2. The van der Waals surface area contributed by atoms with Gasteiger partial charge in [0.15, 0.2) is 0 Å². The normalized spacial score (nSPS) is 11.8. The number of carbonyl (C=O) groups excluding carboxylic acids is 2. The van der Waals surface area contributed by atoms with Gasteiger partial charge in [-0.15, -0.1) is 10.2 Å². The lowest BCUT2D eigenvalue weighted by Gasteiger charge is -2.23. The van der Waals surface area contributed by atoms with Crippen molar-refractivity contribution in [3.05, 3.63) is 24.3 Å². The van der Waals surface area contributed by atoms with Gasteiger partial charge in [-0.1, -0.05) is 25.2 Å². The summed E-state index contributed by atoms with van der Waals surface area (Å²) in [5.74, 6) is 0.351. The second kappa shape index (κ2) is 8.61. The Bertz CT molecular complexity index is 758. The molecule has 0 saturated carbocycles. The molecule has 0 spiro atoms. The summed E-state index contributed by atoms with van der Waals surface area (Å²) >= 11 is 1.26. The number of rotatable bonds is 6. The molecule has 2 N–H and O–H groups in total. The second-order valence-corrected chi connectivity index (χ2v) is 7.17. The molecule has 2 aromatic rings. The van der Waals surface area contributed by atoms with Crippen LogP contribution in [0.2, 0.25) is 0 Å².